The first-order valence-electron chi connectivity index (χ1n) is 16.9. The number of carbonyl (C=O) groups is 4. The summed E-state index contributed by atoms with van der Waals surface area (Å²) in [5.41, 5.74) is 4.35. The van der Waals surface area contributed by atoms with Crippen molar-refractivity contribution in [3.63, 3.8) is 0 Å². The highest BCUT2D eigenvalue weighted by molar-refractivity contribution is 5.99. The van der Waals surface area contributed by atoms with Crippen LogP contribution in [-0.2, 0) is 25.5 Å². The number of H-pyrrole nitrogens is 2. The number of hydrogen-bond donors (Lipinski definition) is 5. The Bertz CT molecular complexity index is 1910. The molecule has 5 N–H and O–H groups in total. The first kappa shape index (κ1) is 35.9. The van der Waals surface area contributed by atoms with Crippen molar-refractivity contribution >= 4 is 40.5 Å². The zero-order valence-corrected chi connectivity index (χ0v) is 29.1. The molecule has 1 aliphatic rings. The topological polar surface area (TPSA) is 171 Å². The lowest BCUT2D eigenvalue weighted by molar-refractivity contribution is -0.130. The van der Waals surface area contributed by atoms with Gasteiger partial charge in [-0.1, -0.05) is 30.3 Å². The van der Waals surface area contributed by atoms with Crippen LogP contribution in [0.15, 0.2) is 65.5 Å². The smallest absolute Gasteiger partial charge is 0.407 e. The Morgan fingerprint density at radius 2 is 1.64 bits per heavy atom. The van der Waals surface area contributed by atoms with E-state index >= 15 is 0 Å². The molecule has 1 aromatic heterocycles. The van der Waals surface area contributed by atoms with Crippen LogP contribution in [0.3, 0.4) is 0 Å². The number of alkyl carbamates (subject to hydrolysis) is 1. The van der Waals surface area contributed by atoms with Crippen molar-refractivity contribution in [1.29, 1.82) is 0 Å². The average Bonchev–Trinajstić information content (AvgIpc) is 3.45. The van der Waals surface area contributed by atoms with Crippen LogP contribution in [0.2, 0.25) is 0 Å². The van der Waals surface area contributed by atoms with Crippen LogP contribution in [0.1, 0.15) is 67.9 Å². The highest BCUT2D eigenvalue weighted by Gasteiger charge is 2.30. The molecule has 12 heteroatoms. The number of esters is 1. The minimum atomic E-state index is -0.873. The fourth-order valence-electron chi connectivity index (χ4n) is 6.30. The molecule has 1 atom stereocenters. The third-order valence-electron chi connectivity index (χ3n) is 8.98. The monoisotopic (exact) mass is 683 g/mol. The van der Waals surface area contributed by atoms with Crippen LogP contribution >= 0.6 is 0 Å². The van der Waals surface area contributed by atoms with Gasteiger partial charge in [0, 0.05) is 24.6 Å². The van der Waals surface area contributed by atoms with E-state index in [1.807, 2.05) is 58.0 Å². The van der Waals surface area contributed by atoms with Gasteiger partial charge in [-0.3, -0.25) is 24.6 Å². The maximum atomic E-state index is 13.7. The van der Waals surface area contributed by atoms with Crippen molar-refractivity contribution in [3.05, 3.63) is 87.7 Å². The molecule has 1 fully saturated rings. The molecule has 1 saturated carbocycles. The van der Waals surface area contributed by atoms with E-state index in [2.05, 4.69) is 26.1 Å². The number of aromatic amines is 2. The van der Waals surface area contributed by atoms with Gasteiger partial charge in [-0.15, -0.1) is 0 Å². The number of ether oxygens (including phenoxy) is 2. The van der Waals surface area contributed by atoms with Gasteiger partial charge in [0.05, 0.1) is 23.6 Å². The second-order valence-electron chi connectivity index (χ2n) is 13.9. The van der Waals surface area contributed by atoms with Crippen molar-refractivity contribution in [3.8, 4) is 11.1 Å². The van der Waals surface area contributed by atoms with E-state index in [-0.39, 0.29) is 35.6 Å². The Morgan fingerprint density at radius 1 is 0.920 bits per heavy atom. The third kappa shape index (κ3) is 9.19. The van der Waals surface area contributed by atoms with E-state index < -0.39 is 23.7 Å². The Kier molecular flexibility index (Phi) is 11.1. The fraction of sp³-hybridized carbons (Fsp3) is 0.395. The second kappa shape index (κ2) is 15.4. The van der Waals surface area contributed by atoms with Gasteiger partial charge in [0.1, 0.15) is 11.6 Å². The molecule has 0 saturated heterocycles. The Morgan fingerprint density at radius 3 is 2.30 bits per heavy atom. The van der Waals surface area contributed by atoms with E-state index in [1.165, 1.54) is 7.11 Å². The van der Waals surface area contributed by atoms with Gasteiger partial charge in [-0.25, -0.2) is 9.59 Å². The molecule has 12 nitrogen and oxygen atoms in total. The number of hydrogen-bond acceptors (Lipinski definition) is 7. The second-order valence-corrected chi connectivity index (χ2v) is 13.9. The number of rotatable bonds is 10. The summed E-state index contributed by atoms with van der Waals surface area (Å²) in [5, 5.41) is 14.6. The van der Waals surface area contributed by atoms with Crippen LogP contribution in [0.25, 0.3) is 22.0 Å². The molecule has 0 spiro atoms. The molecule has 4 aromatic rings. The highest BCUT2D eigenvalue weighted by Crippen LogP contribution is 2.29. The number of aryl methyl sites for hydroxylation is 1. The van der Waals surface area contributed by atoms with E-state index in [4.69, 9.17) is 9.47 Å². The van der Waals surface area contributed by atoms with E-state index in [0.717, 1.165) is 35.1 Å². The van der Waals surface area contributed by atoms with E-state index in [1.54, 1.807) is 30.3 Å². The van der Waals surface area contributed by atoms with Crippen molar-refractivity contribution < 1.29 is 28.7 Å². The van der Waals surface area contributed by atoms with Crippen LogP contribution < -0.4 is 21.5 Å². The van der Waals surface area contributed by atoms with Gasteiger partial charge in [0.2, 0.25) is 11.8 Å². The van der Waals surface area contributed by atoms with Gasteiger partial charge >= 0.3 is 12.1 Å². The van der Waals surface area contributed by atoms with Crippen LogP contribution in [0.4, 0.5) is 10.5 Å². The van der Waals surface area contributed by atoms with E-state index in [9.17, 15) is 24.0 Å². The van der Waals surface area contributed by atoms with Crippen molar-refractivity contribution in [2.45, 2.75) is 71.4 Å². The lowest BCUT2D eigenvalue weighted by atomic mass is 9.81. The summed E-state index contributed by atoms with van der Waals surface area (Å²) < 4.78 is 10.2. The maximum absolute atomic E-state index is 13.7. The summed E-state index contributed by atoms with van der Waals surface area (Å²) in [4.78, 5) is 63.3. The Hall–Kier alpha value is -5.39. The lowest BCUT2D eigenvalue weighted by Gasteiger charge is -2.29. The molecule has 50 heavy (non-hydrogen) atoms. The first-order valence-corrected chi connectivity index (χ1v) is 16.9. The predicted octanol–water partition coefficient (Wildman–Crippen LogP) is 5.62. The maximum Gasteiger partial charge on any atom is 0.407 e. The molecule has 3 aromatic carbocycles. The number of methoxy groups -OCH3 is 1. The average molecular weight is 684 g/mol. The molecule has 264 valence electrons. The molecule has 0 unspecified atom stereocenters. The van der Waals surface area contributed by atoms with Crippen molar-refractivity contribution in [2.75, 3.05) is 19.0 Å². The summed E-state index contributed by atoms with van der Waals surface area (Å²) in [6, 6.07) is 17.2. The third-order valence-corrected chi connectivity index (χ3v) is 8.98. The SMILES string of the molecule is COC(=O)c1ccc(-c2ccc(C[C@H](NC(=O)C3CCC(CNC(=O)OC(C)(C)C)CC3)C(=O)Nc3ccc4c(=O)[nH][nH]c4c3)cc2)c(C)c1. The minimum Gasteiger partial charge on any atom is -0.465 e. The molecule has 0 radical (unpaired) electrons. The summed E-state index contributed by atoms with van der Waals surface area (Å²) in [5.74, 6) is -0.996. The number of aromatic nitrogens is 2. The van der Waals surface area contributed by atoms with Gasteiger partial charge in [0.15, 0.2) is 0 Å². The van der Waals surface area contributed by atoms with Crippen molar-refractivity contribution in [2.24, 2.45) is 11.8 Å². The quantitative estimate of drug-likeness (QED) is 0.135. The Balaban J connectivity index is 1.27. The standard InChI is InChI=1S/C38H45N5O7/c1-22-18-27(36(47)49-5)14-16-29(22)25-10-6-23(7-11-25)19-32(35(46)40-28-15-17-30-31(20-28)42-43-34(30)45)41-33(44)26-12-8-24(9-13-26)21-39-37(48)50-38(2,3)4/h6-7,10-11,14-18,20,24,26,32H,8-9,12-13,19,21H2,1-5H3,(H,39,48)(H,40,46)(H,41,44)(H2,42,43,45)/t24?,26?,32-/m0/s1. The highest BCUT2D eigenvalue weighted by atomic mass is 16.6. The largest absolute Gasteiger partial charge is 0.465 e. The zero-order valence-electron chi connectivity index (χ0n) is 29.1. The first-order chi connectivity index (χ1) is 23.8. The predicted molar refractivity (Wildman–Crippen MR) is 191 cm³/mol. The van der Waals surface area contributed by atoms with E-state index in [0.29, 0.717) is 41.5 Å². The summed E-state index contributed by atoms with van der Waals surface area (Å²) in [6.07, 6.45) is 2.61. The van der Waals surface area contributed by atoms with Gasteiger partial charge in [-0.05, 0) is 112 Å². The van der Waals surface area contributed by atoms with Crippen LogP contribution in [0.5, 0.6) is 0 Å². The number of carbonyl (C=O) groups excluding carboxylic acids is 4. The zero-order chi connectivity index (χ0) is 36.0. The molecule has 0 aliphatic heterocycles. The summed E-state index contributed by atoms with van der Waals surface area (Å²) in [7, 11) is 1.35. The molecule has 5 rings (SSSR count). The fourth-order valence-corrected chi connectivity index (χ4v) is 6.30. The lowest BCUT2D eigenvalue weighted by Crippen LogP contribution is -2.48. The van der Waals surface area contributed by atoms with Crippen LogP contribution in [-0.4, -0.2) is 59.4 Å². The molecular weight excluding hydrogens is 638 g/mol. The van der Waals surface area contributed by atoms with Gasteiger partial charge in [0.25, 0.3) is 5.56 Å². The number of anilines is 1. The molecule has 1 heterocycles. The summed E-state index contributed by atoms with van der Waals surface area (Å²) >= 11 is 0. The van der Waals surface area contributed by atoms with Gasteiger partial charge in [-0.2, -0.15) is 0 Å². The Labute approximate surface area is 290 Å². The normalized spacial score (nSPS) is 16.7. The number of fused-ring (bicyclic) bond motifs is 1. The number of amides is 3. The summed E-state index contributed by atoms with van der Waals surface area (Å²) in [6.45, 7) is 7.86. The van der Waals surface area contributed by atoms with Crippen molar-refractivity contribution in [1.82, 2.24) is 20.8 Å². The molecular formula is C38H45N5O7. The number of benzene rings is 3. The van der Waals surface area contributed by atoms with Crippen LogP contribution in [0, 0.1) is 18.8 Å². The molecule has 3 amide bonds. The number of nitrogens with one attached hydrogen (secondary N) is 5. The molecule has 0 bridgehead atoms. The molecule has 1 aliphatic carbocycles. The van der Waals surface area contributed by atoms with Gasteiger partial charge < -0.3 is 25.4 Å². The minimum absolute atomic E-state index is 0.188.